The van der Waals surface area contributed by atoms with Gasteiger partial charge in [-0.1, -0.05) is 115 Å². The molecule has 0 bridgehead atoms. The van der Waals surface area contributed by atoms with Crippen molar-refractivity contribution in [3.8, 4) is 0 Å². The molecule has 3 heteroatoms. The monoisotopic (exact) mass is 422 g/mol. The molecule has 0 aliphatic carbocycles. The Balaban J connectivity index is 2.55. The van der Waals surface area contributed by atoms with Crippen molar-refractivity contribution >= 4 is 11.6 Å². The Labute approximate surface area is 188 Å². The summed E-state index contributed by atoms with van der Waals surface area (Å²) in [6.07, 6.45) is 5.40. The van der Waals surface area contributed by atoms with E-state index < -0.39 is 11.0 Å². The van der Waals surface area contributed by atoms with E-state index in [1.54, 1.807) is 12.1 Å². The van der Waals surface area contributed by atoms with E-state index in [4.69, 9.17) is 4.74 Å². The van der Waals surface area contributed by atoms with E-state index in [0.29, 0.717) is 17.0 Å². The molecule has 2 atom stereocenters. The van der Waals surface area contributed by atoms with E-state index in [0.717, 1.165) is 24.8 Å². The Morgan fingerprint density at radius 3 is 2.06 bits per heavy atom. The van der Waals surface area contributed by atoms with Gasteiger partial charge in [0.1, 0.15) is 0 Å². The van der Waals surface area contributed by atoms with Gasteiger partial charge in [0, 0.05) is 23.7 Å². The van der Waals surface area contributed by atoms with Gasteiger partial charge in [0.2, 0.25) is 11.6 Å². The van der Waals surface area contributed by atoms with Crippen molar-refractivity contribution in [2.24, 2.45) is 11.3 Å². The zero-order chi connectivity index (χ0) is 23.1. The first-order valence-electron chi connectivity index (χ1n) is 11.5. The molecule has 0 aliphatic heterocycles. The van der Waals surface area contributed by atoms with Crippen LogP contribution in [0.15, 0.2) is 54.6 Å². The highest BCUT2D eigenvalue weighted by atomic mass is 16.5. The molecule has 0 N–H and O–H groups in total. The van der Waals surface area contributed by atoms with Crippen LogP contribution in [0.2, 0.25) is 0 Å². The summed E-state index contributed by atoms with van der Waals surface area (Å²) in [6, 6.07) is 16.7. The van der Waals surface area contributed by atoms with Crippen LogP contribution in [0.5, 0.6) is 0 Å². The normalized spacial score (nSPS) is 14.6. The summed E-state index contributed by atoms with van der Waals surface area (Å²) in [6.45, 7) is 10.1. The topological polar surface area (TPSA) is 43.4 Å². The molecule has 168 valence electrons. The molecular formula is C28H38O3. The predicted octanol–water partition coefficient (Wildman–Crippen LogP) is 6.94. The van der Waals surface area contributed by atoms with Crippen LogP contribution < -0.4 is 0 Å². The summed E-state index contributed by atoms with van der Waals surface area (Å²) in [5, 5.41) is 0. The van der Waals surface area contributed by atoms with Crippen LogP contribution >= 0.6 is 0 Å². The third kappa shape index (κ3) is 5.33. The summed E-state index contributed by atoms with van der Waals surface area (Å²) < 4.78 is 5.89. The molecule has 0 aliphatic rings. The van der Waals surface area contributed by atoms with Crippen LogP contribution in [0.25, 0.3) is 0 Å². The molecular weight excluding hydrogens is 384 g/mol. The SMILES string of the molecule is CCCCC(CC)Cc1ccccc1C(=O)C(OC)(C(=O)c1ccccc1)C(C)(C)C. The molecule has 3 nitrogen and oxygen atoms in total. The van der Waals surface area contributed by atoms with Crippen LogP contribution in [-0.4, -0.2) is 24.3 Å². The van der Waals surface area contributed by atoms with Gasteiger partial charge in [-0.05, 0) is 17.9 Å². The zero-order valence-corrected chi connectivity index (χ0v) is 20.0. The number of rotatable bonds is 11. The average molecular weight is 423 g/mol. The smallest absolute Gasteiger partial charge is 0.203 e. The molecule has 2 unspecified atom stereocenters. The molecule has 0 radical (unpaired) electrons. The van der Waals surface area contributed by atoms with Crippen molar-refractivity contribution in [3.63, 3.8) is 0 Å². The van der Waals surface area contributed by atoms with Gasteiger partial charge in [-0.2, -0.15) is 0 Å². The van der Waals surface area contributed by atoms with Crippen molar-refractivity contribution < 1.29 is 14.3 Å². The average Bonchev–Trinajstić information content (AvgIpc) is 2.77. The van der Waals surface area contributed by atoms with Crippen LogP contribution in [0.1, 0.15) is 86.6 Å². The van der Waals surface area contributed by atoms with E-state index in [2.05, 4.69) is 13.8 Å². The number of hydrogen-bond acceptors (Lipinski definition) is 3. The van der Waals surface area contributed by atoms with Crippen LogP contribution in [0, 0.1) is 11.3 Å². The standard InChI is InChI=1S/C28H38O3/c1-7-9-15-21(8-2)20-23-18-13-14-19-24(23)26(30)28(31-6,27(3,4)5)25(29)22-16-11-10-12-17-22/h10-14,16-19,21H,7-9,15,20H2,1-6H3. The van der Waals surface area contributed by atoms with Crippen molar-refractivity contribution in [2.45, 2.75) is 72.3 Å². The maximum Gasteiger partial charge on any atom is 0.203 e. The highest BCUT2D eigenvalue weighted by Gasteiger charge is 2.55. The lowest BCUT2D eigenvalue weighted by Crippen LogP contribution is -2.58. The first-order valence-corrected chi connectivity index (χ1v) is 11.5. The lowest BCUT2D eigenvalue weighted by molar-refractivity contribution is -0.0418. The lowest BCUT2D eigenvalue weighted by Gasteiger charge is -2.41. The Morgan fingerprint density at radius 1 is 0.903 bits per heavy atom. The third-order valence-electron chi connectivity index (χ3n) is 6.35. The molecule has 0 fully saturated rings. The molecule has 2 aromatic carbocycles. The lowest BCUT2D eigenvalue weighted by atomic mass is 9.67. The second-order valence-corrected chi connectivity index (χ2v) is 9.44. The first kappa shape index (κ1) is 25.0. The third-order valence-corrected chi connectivity index (χ3v) is 6.35. The Kier molecular flexibility index (Phi) is 8.76. The number of ketones is 2. The second kappa shape index (κ2) is 10.9. The van der Waals surface area contributed by atoms with Crippen LogP contribution in [0.4, 0.5) is 0 Å². The Morgan fingerprint density at radius 2 is 1.52 bits per heavy atom. The number of ether oxygens (including phenoxy) is 1. The molecule has 0 saturated heterocycles. The summed E-state index contributed by atoms with van der Waals surface area (Å²) in [7, 11) is 1.47. The second-order valence-electron chi connectivity index (χ2n) is 9.44. The van der Waals surface area contributed by atoms with E-state index in [-0.39, 0.29) is 11.6 Å². The largest absolute Gasteiger partial charge is 0.361 e. The fourth-order valence-corrected chi connectivity index (χ4v) is 4.43. The summed E-state index contributed by atoms with van der Waals surface area (Å²) in [4.78, 5) is 27.9. The van der Waals surface area contributed by atoms with Gasteiger partial charge in [0.05, 0.1) is 0 Å². The van der Waals surface area contributed by atoms with E-state index in [9.17, 15) is 9.59 Å². The van der Waals surface area contributed by atoms with Gasteiger partial charge in [-0.15, -0.1) is 0 Å². The van der Waals surface area contributed by atoms with Crippen molar-refractivity contribution in [1.29, 1.82) is 0 Å². The van der Waals surface area contributed by atoms with E-state index >= 15 is 0 Å². The molecule has 0 heterocycles. The maximum atomic E-state index is 14.1. The molecule has 2 aromatic rings. The van der Waals surface area contributed by atoms with E-state index in [1.807, 2.05) is 63.2 Å². The first-order chi connectivity index (χ1) is 14.7. The minimum atomic E-state index is -1.60. The summed E-state index contributed by atoms with van der Waals surface area (Å²) in [5.74, 6) is -0.0245. The van der Waals surface area contributed by atoms with Gasteiger partial charge >= 0.3 is 0 Å². The van der Waals surface area contributed by atoms with Gasteiger partial charge in [0.15, 0.2) is 5.60 Å². The number of carbonyl (C=O) groups is 2. The number of Topliss-reactive ketones (excluding diaryl/α,β-unsaturated/α-hetero) is 2. The number of hydrogen-bond donors (Lipinski definition) is 0. The Bertz CT molecular complexity index is 863. The molecule has 0 spiro atoms. The number of methoxy groups -OCH3 is 1. The summed E-state index contributed by atoms with van der Waals surface area (Å²) >= 11 is 0. The fraction of sp³-hybridized carbons (Fsp3) is 0.500. The van der Waals surface area contributed by atoms with Crippen molar-refractivity contribution in [1.82, 2.24) is 0 Å². The van der Waals surface area contributed by atoms with Crippen molar-refractivity contribution in [2.75, 3.05) is 7.11 Å². The number of benzene rings is 2. The maximum absolute atomic E-state index is 14.1. The van der Waals surface area contributed by atoms with Gasteiger partial charge in [-0.25, -0.2) is 0 Å². The van der Waals surface area contributed by atoms with Gasteiger partial charge < -0.3 is 4.74 Å². The van der Waals surface area contributed by atoms with Gasteiger partial charge in [-0.3, -0.25) is 9.59 Å². The van der Waals surface area contributed by atoms with E-state index in [1.165, 1.54) is 20.0 Å². The highest BCUT2D eigenvalue weighted by Crippen LogP contribution is 2.40. The molecule has 0 amide bonds. The minimum absolute atomic E-state index is 0.253. The number of carbonyl (C=O) groups excluding carboxylic acids is 2. The Hall–Kier alpha value is -2.26. The van der Waals surface area contributed by atoms with Crippen LogP contribution in [0.3, 0.4) is 0 Å². The van der Waals surface area contributed by atoms with Crippen molar-refractivity contribution in [3.05, 3.63) is 71.3 Å². The predicted molar refractivity (Wildman–Crippen MR) is 128 cm³/mol. The highest BCUT2D eigenvalue weighted by molar-refractivity contribution is 6.23. The van der Waals surface area contributed by atoms with Crippen LogP contribution in [-0.2, 0) is 11.2 Å². The minimum Gasteiger partial charge on any atom is -0.361 e. The molecule has 31 heavy (non-hydrogen) atoms. The number of unbranched alkanes of at least 4 members (excludes halogenated alkanes) is 1. The fourth-order valence-electron chi connectivity index (χ4n) is 4.43. The zero-order valence-electron chi connectivity index (χ0n) is 20.0. The molecule has 0 saturated carbocycles. The van der Waals surface area contributed by atoms with Gasteiger partial charge in [0.25, 0.3) is 0 Å². The summed E-state index contributed by atoms with van der Waals surface area (Å²) in [5.41, 5.74) is -0.249. The molecule has 0 aromatic heterocycles. The quantitative estimate of drug-likeness (QED) is 0.291. The molecule has 2 rings (SSSR count).